The van der Waals surface area contributed by atoms with E-state index in [-0.39, 0.29) is 11.8 Å². The molecule has 7 nitrogen and oxygen atoms in total. The number of benzene rings is 1. The maximum atomic E-state index is 12.4. The number of thioether (sulfide) groups is 1. The Bertz CT molecular complexity index is 820. The first kappa shape index (κ1) is 22.6. The van der Waals surface area contributed by atoms with Crippen molar-refractivity contribution in [3.63, 3.8) is 0 Å². The van der Waals surface area contributed by atoms with Crippen molar-refractivity contribution in [2.24, 2.45) is 0 Å². The number of nitrogens with zero attached hydrogens (tertiary/aromatic N) is 2. The van der Waals surface area contributed by atoms with Crippen molar-refractivity contribution in [2.45, 2.75) is 62.3 Å². The van der Waals surface area contributed by atoms with Crippen molar-refractivity contribution in [1.82, 2.24) is 15.5 Å². The van der Waals surface area contributed by atoms with Gasteiger partial charge >= 0.3 is 0 Å². The number of nitrogens with one attached hydrogen (secondary N) is 2. The predicted octanol–water partition coefficient (Wildman–Crippen LogP) is 4.51. The van der Waals surface area contributed by atoms with Gasteiger partial charge < -0.3 is 10.1 Å². The molecule has 1 saturated carbocycles. The lowest BCUT2D eigenvalue weighted by Gasteiger charge is -2.22. The van der Waals surface area contributed by atoms with Gasteiger partial charge in [-0.15, -0.1) is 10.2 Å². The van der Waals surface area contributed by atoms with Crippen LogP contribution in [0.5, 0.6) is 5.75 Å². The molecular formula is C21H28N4O3S2. The molecule has 0 spiro atoms. The lowest BCUT2D eigenvalue weighted by molar-refractivity contribution is -0.119. The van der Waals surface area contributed by atoms with Gasteiger partial charge in [-0.05, 0) is 43.5 Å². The zero-order valence-electron chi connectivity index (χ0n) is 17.2. The maximum Gasteiger partial charge on any atom is 0.257 e. The molecule has 0 unspecified atom stereocenters. The molecule has 2 N–H and O–H groups in total. The number of hydrogen-bond acceptors (Lipinski definition) is 7. The Labute approximate surface area is 185 Å². The monoisotopic (exact) mass is 448 g/mol. The summed E-state index contributed by atoms with van der Waals surface area (Å²) in [6, 6.07) is 7.33. The van der Waals surface area contributed by atoms with E-state index in [0.29, 0.717) is 33.4 Å². The molecule has 0 aliphatic heterocycles. The number of carbonyl (C=O) groups is 2. The van der Waals surface area contributed by atoms with Crippen molar-refractivity contribution in [3.8, 4) is 5.75 Å². The van der Waals surface area contributed by atoms with Crippen molar-refractivity contribution < 1.29 is 14.3 Å². The minimum Gasteiger partial charge on any atom is -0.494 e. The van der Waals surface area contributed by atoms with E-state index >= 15 is 0 Å². The van der Waals surface area contributed by atoms with E-state index in [0.717, 1.165) is 31.4 Å². The van der Waals surface area contributed by atoms with Gasteiger partial charge in [-0.1, -0.05) is 55.7 Å². The van der Waals surface area contributed by atoms with E-state index in [4.69, 9.17) is 4.74 Å². The lowest BCUT2D eigenvalue weighted by Crippen LogP contribution is -2.37. The Balaban J connectivity index is 1.43. The van der Waals surface area contributed by atoms with Gasteiger partial charge in [0.1, 0.15) is 5.75 Å². The summed E-state index contributed by atoms with van der Waals surface area (Å²) in [5.41, 5.74) is 0.522. The fraction of sp³-hybridized carbons (Fsp3) is 0.524. The third-order valence-corrected chi connectivity index (χ3v) is 6.78. The highest BCUT2D eigenvalue weighted by molar-refractivity contribution is 8.01. The first-order valence-corrected chi connectivity index (χ1v) is 12.2. The van der Waals surface area contributed by atoms with E-state index in [1.807, 2.05) is 0 Å². The fourth-order valence-corrected chi connectivity index (χ4v) is 4.73. The predicted molar refractivity (Wildman–Crippen MR) is 120 cm³/mol. The zero-order valence-corrected chi connectivity index (χ0v) is 18.8. The smallest absolute Gasteiger partial charge is 0.257 e. The van der Waals surface area contributed by atoms with Gasteiger partial charge in [-0.2, -0.15) is 0 Å². The SMILES string of the molecule is CCCCOc1ccc(C(=O)Nc2nnc(SCC(=O)NC3CCCCC3)s2)cc1. The Hall–Kier alpha value is -2.13. The Morgan fingerprint density at radius 1 is 1.17 bits per heavy atom. The molecule has 0 saturated heterocycles. The maximum absolute atomic E-state index is 12.4. The number of aromatic nitrogens is 2. The summed E-state index contributed by atoms with van der Waals surface area (Å²) in [7, 11) is 0. The molecule has 0 radical (unpaired) electrons. The van der Waals surface area contributed by atoms with Crippen LogP contribution in [0.4, 0.5) is 5.13 Å². The molecule has 1 heterocycles. The number of anilines is 1. The van der Waals surface area contributed by atoms with Gasteiger partial charge in [0.05, 0.1) is 12.4 Å². The molecule has 2 amide bonds. The fourth-order valence-electron chi connectivity index (χ4n) is 3.17. The second-order valence-corrected chi connectivity index (χ2v) is 9.44. The highest BCUT2D eigenvalue weighted by atomic mass is 32.2. The number of amides is 2. The van der Waals surface area contributed by atoms with Crippen LogP contribution in [0.2, 0.25) is 0 Å². The first-order chi connectivity index (χ1) is 14.6. The topological polar surface area (TPSA) is 93.2 Å². The highest BCUT2D eigenvalue weighted by Gasteiger charge is 2.17. The minimum atomic E-state index is -0.252. The number of carbonyl (C=O) groups excluding carboxylic acids is 2. The van der Waals surface area contributed by atoms with Gasteiger partial charge in [-0.3, -0.25) is 14.9 Å². The van der Waals surface area contributed by atoms with Gasteiger partial charge in [0, 0.05) is 11.6 Å². The van der Waals surface area contributed by atoms with Crippen LogP contribution >= 0.6 is 23.1 Å². The lowest BCUT2D eigenvalue weighted by atomic mass is 9.95. The molecule has 0 atom stereocenters. The summed E-state index contributed by atoms with van der Waals surface area (Å²) < 4.78 is 6.27. The van der Waals surface area contributed by atoms with E-state index in [9.17, 15) is 9.59 Å². The molecule has 1 aliphatic carbocycles. The van der Waals surface area contributed by atoms with Crippen LogP contribution < -0.4 is 15.4 Å². The molecule has 3 rings (SSSR count). The van der Waals surface area contributed by atoms with Crippen molar-refractivity contribution in [2.75, 3.05) is 17.7 Å². The van der Waals surface area contributed by atoms with Crippen LogP contribution in [0, 0.1) is 0 Å². The summed E-state index contributed by atoms with van der Waals surface area (Å²) in [5, 5.41) is 14.3. The Morgan fingerprint density at radius 2 is 1.93 bits per heavy atom. The van der Waals surface area contributed by atoms with Crippen LogP contribution in [-0.2, 0) is 4.79 Å². The van der Waals surface area contributed by atoms with Crippen molar-refractivity contribution in [3.05, 3.63) is 29.8 Å². The normalized spacial score (nSPS) is 14.3. The van der Waals surface area contributed by atoms with Crippen LogP contribution in [-0.4, -0.2) is 40.4 Å². The van der Waals surface area contributed by atoms with Gasteiger partial charge in [0.25, 0.3) is 5.91 Å². The van der Waals surface area contributed by atoms with Gasteiger partial charge in [-0.25, -0.2) is 0 Å². The van der Waals surface area contributed by atoms with Gasteiger partial charge in [0.2, 0.25) is 11.0 Å². The van der Waals surface area contributed by atoms with E-state index in [1.54, 1.807) is 24.3 Å². The summed E-state index contributed by atoms with van der Waals surface area (Å²) in [5.74, 6) is 0.825. The number of hydrogen-bond donors (Lipinski definition) is 2. The molecule has 0 bridgehead atoms. The standard InChI is InChI=1S/C21H28N4O3S2/c1-2-3-13-28-17-11-9-15(10-12-17)19(27)23-20-24-25-21(30-20)29-14-18(26)22-16-7-5-4-6-8-16/h9-12,16H,2-8,13-14H2,1H3,(H,22,26)(H,23,24,27). The Kier molecular flexibility index (Phi) is 8.95. The average Bonchev–Trinajstić information content (AvgIpc) is 3.21. The molecule has 162 valence electrons. The zero-order chi connectivity index (χ0) is 21.2. The summed E-state index contributed by atoms with van der Waals surface area (Å²) >= 11 is 2.60. The van der Waals surface area contributed by atoms with Crippen LogP contribution in [0.1, 0.15) is 62.2 Å². The molecular weight excluding hydrogens is 420 g/mol. The van der Waals surface area contributed by atoms with Gasteiger partial charge in [0.15, 0.2) is 4.34 Å². The van der Waals surface area contributed by atoms with E-state index < -0.39 is 0 Å². The third-order valence-electron chi connectivity index (χ3n) is 4.81. The van der Waals surface area contributed by atoms with E-state index in [1.165, 1.54) is 42.4 Å². The molecule has 9 heteroatoms. The number of rotatable bonds is 10. The summed E-state index contributed by atoms with van der Waals surface area (Å²) in [6.45, 7) is 2.78. The van der Waals surface area contributed by atoms with Crippen molar-refractivity contribution in [1.29, 1.82) is 0 Å². The summed E-state index contributed by atoms with van der Waals surface area (Å²) in [4.78, 5) is 24.5. The van der Waals surface area contributed by atoms with E-state index in [2.05, 4.69) is 27.8 Å². The average molecular weight is 449 g/mol. The second-order valence-electron chi connectivity index (χ2n) is 7.24. The van der Waals surface area contributed by atoms with Crippen molar-refractivity contribution >= 4 is 40.0 Å². The highest BCUT2D eigenvalue weighted by Crippen LogP contribution is 2.26. The van der Waals surface area contributed by atoms with Crippen LogP contribution in [0.15, 0.2) is 28.6 Å². The molecule has 1 fully saturated rings. The molecule has 30 heavy (non-hydrogen) atoms. The number of ether oxygens (including phenoxy) is 1. The third kappa shape index (κ3) is 7.28. The number of unbranched alkanes of at least 4 members (excludes halogenated alkanes) is 1. The summed E-state index contributed by atoms with van der Waals surface area (Å²) in [6.07, 6.45) is 7.85. The quantitative estimate of drug-likeness (QED) is 0.316. The molecule has 2 aromatic rings. The minimum absolute atomic E-state index is 0.0222. The van der Waals surface area contributed by atoms with Crippen LogP contribution in [0.25, 0.3) is 0 Å². The molecule has 1 aromatic carbocycles. The molecule has 1 aromatic heterocycles. The Morgan fingerprint density at radius 3 is 2.67 bits per heavy atom. The first-order valence-electron chi connectivity index (χ1n) is 10.4. The van der Waals surface area contributed by atoms with Crippen LogP contribution in [0.3, 0.4) is 0 Å². The largest absolute Gasteiger partial charge is 0.494 e. The molecule has 1 aliphatic rings. The second kappa shape index (κ2) is 11.9.